The van der Waals surface area contributed by atoms with E-state index in [0.29, 0.717) is 18.8 Å². The Labute approximate surface area is 80.5 Å². The largest absolute Gasteiger partial charge is 0.391 e. The van der Waals surface area contributed by atoms with Crippen LogP contribution in [0.15, 0.2) is 0 Å². The van der Waals surface area contributed by atoms with Crippen LogP contribution in [0, 0.1) is 0 Å². The first-order valence-electron chi connectivity index (χ1n) is 5.19. The molecule has 0 aliphatic heterocycles. The molecule has 0 aromatic carbocycles. The van der Waals surface area contributed by atoms with Crippen LogP contribution in [0.4, 0.5) is 0 Å². The third-order valence-electron chi connectivity index (χ3n) is 2.66. The topological polar surface area (TPSA) is 41.5 Å². The van der Waals surface area contributed by atoms with Crippen molar-refractivity contribution in [3.8, 4) is 0 Å². The molecule has 0 aromatic heterocycles. The van der Waals surface area contributed by atoms with Gasteiger partial charge in [0.25, 0.3) is 0 Å². The minimum Gasteiger partial charge on any atom is -0.391 e. The van der Waals surface area contributed by atoms with E-state index >= 15 is 0 Å². The second-order valence-corrected chi connectivity index (χ2v) is 3.94. The van der Waals surface area contributed by atoms with Crippen LogP contribution >= 0.6 is 0 Å². The van der Waals surface area contributed by atoms with Crippen molar-refractivity contribution in [3.63, 3.8) is 0 Å². The van der Waals surface area contributed by atoms with Crippen molar-refractivity contribution < 1.29 is 9.84 Å². The Hall–Kier alpha value is -0.120. The monoisotopic (exact) mass is 187 g/mol. The SMILES string of the molecule is CNC1CCC(OCC(C)O)CC1. The zero-order valence-electron chi connectivity index (χ0n) is 8.62. The van der Waals surface area contributed by atoms with Gasteiger partial charge >= 0.3 is 0 Å². The zero-order chi connectivity index (χ0) is 9.68. The maximum absolute atomic E-state index is 9.04. The van der Waals surface area contributed by atoms with Crippen LogP contribution in [0.1, 0.15) is 32.6 Å². The lowest BCUT2D eigenvalue weighted by atomic mass is 9.93. The van der Waals surface area contributed by atoms with Crippen LogP contribution in [0.5, 0.6) is 0 Å². The number of ether oxygens (including phenoxy) is 1. The molecule has 0 heterocycles. The molecule has 1 rings (SSSR count). The fourth-order valence-electron chi connectivity index (χ4n) is 1.79. The van der Waals surface area contributed by atoms with Crippen LogP contribution in [-0.2, 0) is 4.74 Å². The van der Waals surface area contributed by atoms with E-state index in [0.717, 1.165) is 12.8 Å². The smallest absolute Gasteiger partial charge is 0.0745 e. The maximum atomic E-state index is 9.04. The van der Waals surface area contributed by atoms with Crippen molar-refractivity contribution in [2.75, 3.05) is 13.7 Å². The van der Waals surface area contributed by atoms with Crippen LogP contribution in [-0.4, -0.2) is 37.0 Å². The van der Waals surface area contributed by atoms with Crippen LogP contribution in [0.25, 0.3) is 0 Å². The van der Waals surface area contributed by atoms with Crippen molar-refractivity contribution >= 4 is 0 Å². The van der Waals surface area contributed by atoms with Gasteiger partial charge in [0, 0.05) is 6.04 Å². The first-order chi connectivity index (χ1) is 6.22. The molecule has 3 nitrogen and oxygen atoms in total. The Bertz CT molecular complexity index is 131. The summed E-state index contributed by atoms with van der Waals surface area (Å²) in [6.07, 6.45) is 4.68. The van der Waals surface area contributed by atoms with E-state index in [4.69, 9.17) is 9.84 Å². The van der Waals surface area contributed by atoms with E-state index in [1.807, 2.05) is 7.05 Å². The van der Waals surface area contributed by atoms with Gasteiger partial charge in [-0.15, -0.1) is 0 Å². The van der Waals surface area contributed by atoms with Gasteiger partial charge in [-0.25, -0.2) is 0 Å². The molecule has 1 unspecified atom stereocenters. The number of hydrogen-bond donors (Lipinski definition) is 2. The molecule has 1 saturated carbocycles. The van der Waals surface area contributed by atoms with E-state index in [-0.39, 0.29) is 6.10 Å². The van der Waals surface area contributed by atoms with Crippen molar-refractivity contribution in [1.29, 1.82) is 0 Å². The summed E-state index contributed by atoms with van der Waals surface area (Å²) < 4.78 is 5.56. The van der Waals surface area contributed by atoms with Gasteiger partial charge in [0.1, 0.15) is 0 Å². The standard InChI is InChI=1S/C10H21NO2/c1-8(12)7-13-10-5-3-9(11-2)4-6-10/h8-12H,3-7H2,1-2H3. The molecule has 1 aliphatic carbocycles. The van der Waals surface area contributed by atoms with Crippen LogP contribution < -0.4 is 5.32 Å². The third-order valence-corrected chi connectivity index (χ3v) is 2.66. The Balaban J connectivity index is 2.10. The highest BCUT2D eigenvalue weighted by molar-refractivity contribution is 4.76. The fourth-order valence-corrected chi connectivity index (χ4v) is 1.79. The molecule has 0 bridgehead atoms. The van der Waals surface area contributed by atoms with Gasteiger partial charge in [0.05, 0.1) is 18.8 Å². The normalized spacial score (nSPS) is 31.6. The summed E-state index contributed by atoms with van der Waals surface area (Å²) in [6, 6.07) is 0.673. The lowest BCUT2D eigenvalue weighted by Crippen LogP contribution is -2.33. The predicted molar refractivity (Wildman–Crippen MR) is 52.7 cm³/mol. The fraction of sp³-hybridized carbons (Fsp3) is 1.00. The Kier molecular flexibility index (Phi) is 4.70. The summed E-state index contributed by atoms with van der Waals surface area (Å²) in [4.78, 5) is 0. The first-order valence-corrected chi connectivity index (χ1v) is 5.19. The zero-order valence-corrected chi connectivity index (χ0v) is 8.62. The number of rotatable bonds is 4. The number of aliphatic hydroxyl groups is 1. The van der Waals surface area contributed by atoms with Gasteiger partial charge in [-0.2, -0.15) is 0 Å². The highest BCUT2D eigenvalue weighted by atomic mass is 16.5. The lowest BCUT2D eigenvalue weighted by molar-refractivity contribution is -0.0210. The molecule has 78 valence electrons. The third kappa shape index (κ3) is 4.07. The summed E-state index contributed by atoms with van der Waals surface area (Å²) in [5.74, 6) is 0. The molecule has 0 amide bonds. The van der Waals surface area contributed by atoms with Crippen molar-refractivity contribution in [3.05, 3.63) is 0 Å². The van der Waals surface area contributed by atoms with E-state index < -0.39 is 0 Å². The van der Waals surface area contributed by atoms with Crippen molar-refractivity contribution in [2.45, 2.75) is 50.9 Å². The van der Waals surface area contributed by atoms with E-state index in [9.17, 15) is 0 Å². The quantitative estimate of drug-likeness (QED) is 0.687. The highest BCUT2D eigenvalue weighted by Crippen LogP contribution is 2.20. The summed E-state index contributed by atoms with van der Waals surface area (Å²) >= 11 is 0. The molecule has 0 spiro atoms. The molecule has 0 aromatic rings. The second-order valence-electron chi connectivity index (χ2n) is 3.94. The summed E-state index contributed by atoms with van der Waals surface area (Å²) in [6.45, 7) is 2.24. The van der Waals surface area contributed by atoms with Gasteiger partial charge in [-0.05, 0) is 39.7 Å². The van der Waals surface area contributed by atoms with Gasteiger partial charge in [-0.3, -0.25) is 0 Å². The molecule has 1 fully saturated rings. The molecular weight excluding hydrogens is 166 g/mol. The number of hydrogen-bond acceptors (Lipinski definition) is 3. The average Bonchev–Trinajstić information content (AvgIpc) is 2.15. The van der Waals surface area contributed by atoms with Gasteiger partial charge in [-0.1, -0.05) is 0 Å². The molecule has 3 heteroatoms. The summed E-state index contributed by atoms with van der Waals surface area (Å²) in [5.41, 5.74) is 0. The van der Waals surface area contributed by atoms with Gasteiger partial charge in [0.2, 0.25) is 0 Å². The van der Waals surface area contributed by atoms with Gasteiger partial charge < -0.3 is 15.2 Å². The lowest BCUT2D eigenvalue weighted by Gasteiger charge is -2.28. The van der Waals surface area contributed by atoms with Gasteiger partial charge in [0.15, 0.2) is 0 Å². The second kappa shape index (κ2) is 5.58. The van der Waals surface area contributed by atoms with Crippen molar-refractivity contribution in [2.24, 2.45) is 0 Å². The first kappa shape index (κ1) is 11.0. The maximum Gasteiger partial charge on any atom is 0.0745 e. The van der Waals surface area contributed by atoms with Crippen molar-refractivity contribution in [1.82, 2.24) is 5.32 Å². The molecule has 13 heavy (non-hydrogen) atoms. The molecule has 0 saturated heterocycles. The molecule has 0 radical (unpaired) electrons. The molecule has 2 N–H and O–H groups in total. The minimum absolute atomic E-state index is 0.331. The Morgan fingerprint density at radius 3 is 2.46 bits per heavy atom. The highest BCUT2D eigenvalue weighted by Gasteiger charge is 2.20. The molecular formula is C10H21NO2. The van der Waals surface area contributed by atoms with E-state index in [1.54, 1.807) is 6.92 Å². The minimum atomic E-state index is -0.331. The Morgan fingerprint density at radius 2 is 2.00 bits per heavy atom. The van der Waals surface area contributed by atoms with Crippen LogP contribution in [0.2, 0.25) is 0 Å². The van der Waals surface area contributed by atoms with Crippen LogP contribution in [0.3, 0.4) is 0 Å². The summed E-state index contributed by atoms with van der Waals surface area (Å²) in [5, 5.41) is 12.3. The predicted octanol–water partition coefficient (Wildman–Crippen LogP) is 0.914. The average molecular weight is 187 g/mol. The number of aliphatic hydroxyl groups excluding tert-OH is 1. The molecule has 1 aliphatic rings. The molecule has 1 atom stereocenters. The van der Waals surface area contributed by atoms with E-state index in [2.05, 4.69) is 5.32 Å². The summed E-state index contributed by atoms with van der Waals surface area (Å²) in [7, 11) is 2.02. The van der Waals surface area contributed by atoms with E-state index in [1.165, 1.54) is 12.8 Å². The number of nitrogens with one attached hydrogen (secondary N) is 1. The Morgan fingerprint density at radius 1 is 1.38 bits per heavy atom.